The molecule has 0 spiro atoms. The van der Waals surface area contributed by atoms with Crippen LogP contribution < -0.4 is 11.1 Å². The number of esters is 1. The van der Waals surface area contributed by atoms with E-state index in [-0.39, 0.29) is 5.97 Å². The molecule has 6 nitrogen and oxygen atoms in total. The van der Waals surface area contributed by atoms with Crippen LogP contribution in [0.25, 0.3) is 0 Å². The zero-order valence-corrected chi connectivity index (χ0v) is 17.2. The second-order valence-electron chi connectivity index (χ2n) is 7.86. The molecule has 1 atom stereocenters. The first-order valence-corrected chi connectivity index (χ1v) is 8.88. The maximum Gasteiger partial charge on any atom is 0.337 e. The fourth-order valence-corrected chi connectivity index (χ4v) is 3.35. The first-order chi connectivity index (χ1) is 12.5. The monoisotopic (exact) mass is 374 g/mol. The first kappa shape index (κ1) is 21.0. The summed E-state index contributed by atoms with van der Waals surface area (Å²) in [7, 11) is 3.13. The minimum atomic E-state index is -0.766. The number of benzene rings is 1. The van der Waals surface area contributed by atoms with Crippen molar-refractivity contribution in [3.63, 3.8) is 0 Å². The summed E-state index contributed by atoms with van der Waals surface area (Å²) in [5.41, 5.74) is 8.07. The van der Waals surface area contributed by atoms with Crippen molar-refractivity contribution in [2.24, 2.45) is 0 Å². The number of hydrogen-bond acceptors (Lipinski definition) is 6. The lowest BCUT2D eigenvalue weighted by Gasteiger charge is -2.38. The predicted octanol–water partition coefficient (Wildman–Crippen LogP) is 3.25. The number of carbonyl (C=O) groups is 1. The number of hydrogen-bond donors (Lipinski definition) is 2. The molecule has 0 aliphatic carbocycles. The van der Waals surface area contributed by atoms with Crippen LogP contribution in [0.2, 0.25) is 0 Å². The van der Waals surface area contributed by atoms with Gasteiger partial charge in [0, 0.05) is 31.0 Å². The fraction of sp³-hybridized carbons (Fsp3) is 0.476. The van der Waals surface area contributed by atoms with Crippen molar-refractivity contribution in [3.05, 3.63) is 52.9 Å². The van der Waals surface area contributed by atoms with Gasteiger partial charge in [0.1, 0.15) is 5.60 Å². The molecule has 1 aromatic carbocycles. The average molecular weight is 374 g/mol. The van der Waals surface area contributed by atoms with E-state index in [4.69, 9.17) is 19.9 Å². The van der Waals surface area contributed by atoms with E-state index in [2.05, 4.69) is 5.32 Å². The number of allylic oxidation sites excluding steroid dienone is 2. The predicted molar refractivity (Wildman–Crippen MR) is 106 cm³/mol. The van der Waals surface area contributed by atoms with Gasteiger partial charge in [-0.15, -0.1) is 0 Å². The number of carbonyl (C=O) groups excluding carboxylic acids is 1. The van der Waals surface area contributed by atoms with Gasteiger partial charge in [-0.3, -0.25) is 0 Å². The van der Waals surface area contributed by atoms with Crippen LogP contribution >= 0.6 is 0 Å². The van der Waals surface area contributed by atoms with Crippen LogP contribution in [0.3, 0.4) is 0 Å². The summed E-state index contributed by atoms with van der Waals surface area (Å²) >= 11 is 0. The molecular formula is C21H30N2O4. The van der Waals surface area contributed by atoms with E-state index < -0.39 is 17.3 Å². The molecule has 1 heterocycles. The molecule has 0 saturated heterocycles. The van der Waals surface area contributed by atoms with Crippen molar-refractivity contribution in [1.82, 2.24) is 5.32 Å². The van der Waals surface area contributed by atoms with Crippen molar-refractivity contribution in [3.8, 4) is 0 Å². The second-order valence-corrected chi connectivity index (χ2v) is 7.86. The maximum absolute atomic E-state index is 13.1. The number of dihydropyridines is 1. The molecular weight excluding hydrogens is 344 g/mol. The lowest BCUT2D eigenvalue weighted by atomic mass is 9.72. The largest absolute Gasteiger partial charge is 0.457 e. The number of nitrogens with two attached hydrogens (primary N) is 1. The minimum Gasteiger partial charge on any atom is -0.457 e. The van der Waals surface area contributed by atoms with Crippen molar-refractivity contribution >= 4 is 11.7 Å². The molecule has 1 aliphatic heterocycles. The van der Waals surface area contributed by atoms with E-state index in [1.165, 1.54) is 0 Å². The zero-order chi connectivity index (χ0) is 20.4. The molecule has 27 heavy (non-hydrogen) atoms. The maximum atomic E-state index is 13.1. The second kappa shape index (κ2) is 7.74. The van der Waals surface area contributed by atoms with Gasteiger partial charge in [-0.25, -0.2) is 4.79 Å². The Morgan fingerprint density at radius 3 is 2.37 bits per heavy atom. The number of ether oxygens (including phenoxy) is 3. The summed E-state index contributed by atoms with van der Waals surface area (Å²) in [6, 6.07) is 7.50. The van der Waals surface area contributed by atoms with E-state index in [1.807, 2.05) is 65.0 Å². The molecule has 0 radical (unpaired) electrons. The summed E-state index contributed by atoms with van der Waals surface area (Å²) < 4.78 is 16.5. The molecule has 6 heteroatoms. The van der Waals surface area contributed by atoms with Gasteiger partial charge in [0.2, 0.25) is 0 Å². The Labute approximate surface area is 161 Å². The lowest BCUT2D eigenvalue weighted by Crippen LogP contribution is -2.41. The Morgan fingerprint density at radius 2 is 1.85 bits per heavy atom. The van der Waals surface area contributed by atoms with E-state index in [1.54, 1.807) is 14.2 Å². The van der Waals surface area contributed by atoms with Gasteiger partial charge in [-0.1, -0.05) is 12.1 Å². The highest BCUT2D eigenvalue weighted by Gasteiger charge is 2.41. The Morgan fingerprint density at radius 1 is 1.22 bits per heavy atom. The molecule has 1 aromatic rings. The van der Waals surface area contributed by atoms with Gasteiger partial charge in [0.05, 0.1) is 11.3 Å². The number of anilines is 1. The normalized spacial score (nSPS) is 20.4. The number of nitrogen functional groups attached to an aromatic ring is 1. The van der Waals surface area contributed by atoms with E-state index in [0.29, 0.717) is 17.0 Å². The van der Waals surface area contributed by atoms with Crippen LogP contribution in [0.4, 0.5) is 5.69 Å². The molecule has 1 unspecified atom stereocenters. The summed E-state index contributed by atoms with van der Waals surface area (Å²) in [6.07, 6.45) is 1.35. The number of rotatable bonds is 5. The molecule has 3 N–H and O–H groups in total. The highest BCUT2D eigenvalue weighted by Crippen LogP contribution is 2.41. The smallest absolute Gasteiger partial charge is 0.337 e. The topological polar surface area (TPSA) is 82.8 Å². The average Bonchev–Trinajstić information content (AvgIpc) is 2.53. The fourth-order valence-electron chi connectivity index (χ4n) is 3.35. The molecule has 0 fully saturated rings. The van der Waals surface area contributed by atoms with Gasteiger partial charge in [0.15, 0.2) is 6.29 Å². The molecule has 0 bridgehead atoms. The molecule has 148 valence electrons. The van der Waals surface area contributed by atoms with Gasteiger partial charge >= 0.3 is 5.97 Å². The summed E-state index contributed by atoms with van der Waals surface area (Å²) in [6.45, 7) is 9.36. The summed E-state index contributed by atoms with van der Waals surface area (Å²) in [5.74, 6) is -0.376. The van der Waals surface area contributed by atoms with Crippen LogP contribution in [-0.4, -0.2) is 32.1 Å². The van der Waals surface area contributed by atoms with Crippen LogP contribution in [0.1, 0.15) is 40.2 Å². The van der Waals surface area contributed by atoms with Crippen LogP contribution in [0.5, 0.6) is 0 Å². The SMILES string of the molecule is COC(OC)C1=CC(C)(c2cccc(N)c2)C(C(=O)OC(C)(C)C)=C(C)N1. The Hall–Kier alpha value is -2.31. The quantitative estimate of drug-likeness (QED) is 0.468. The molecule has 1 aliphatic rings. The first-order valence-electron chi connectivity index (χ1n) is 8.88. The van der Waals surface area contributed by atoms with E-state index in [9.17, 15) is 4.79 Å². The summed E-state index contributed by atoms with van der Waals surface area (Å²) in [5, 5.41) is 3.23. The zero-order valence-electron chi connectivity index (χ0n) is 17.2. The highest BCUT2D eigenvalue weighted by molar-refractivity contribution is 5.94. The van der Waals surface area contributed by atoms with Crippen LogP contribution in [0, 0.1) is 0 Å². The van der Waals surface area contributed by atoms with Gasteiger partial charge in [-0.05, 0) is 58.4 Å². The third kappa shape index (κ3) is 4.51. The molecule has 0 saturated carbocycles. The van der Waals surface area contributed by atoms with Crippen molar-refractivity contribution in [2.45, 2.75) is 51.9 Å². The number of methoxy groups -OCH3 is 2. The van der Waals surface area contributed by atoms with Gasteiger partial charge < -0.3 is 25.3 Å². The van der Waals surface area contributed by atoms with Crippen molar-refractivity contribution in [1.29, 1.82) is 0 Å². The molecule has 0 amide bonds. The van der Waals surface area contributed by atoms with E-state index >= 15 is 0 Å². The lowest BCUT2D eigenvalue weighted by molar-refractivity contribution is -0.150. The number of nitrogens with one attached hydrogen (secondary N) is 1. The van der Waals surface area contributed by atoms with E-state index in [0.717, 1.165) is 11.3 Å². The van der Waals surface area contributed by atoms with Crippen molar-refractivity contribution in [2.75, 3.05) is 20.0 Å². The molecule has 0 aromatic heterocycles. The van der Waals surface area contributed by atoms with Crippen molar-refractivity contribution < 1.29 is 19.0 Å². The van der Waals surface area contributed by atoms with Crippen LogP contribution in [0.15, 0.2) is 47.3 Å². The standard InChI is InChI=1S/C21H30N2O4/c1-13-17(18(24)27-20(2,3)4)21(5,14-9-8-10-15(22)11-14)12-16(23-13)19(25-6)26-7/h8-12,19,23H,22H2,1-7H3. The highest BCUT2D eigenvalue weighted by atomic mass is 16.7. The van der Waals surface area contributed by atoms with Crippen LogP contribution in [-0.2, 0) is 24.4 Å². The Balaban J connectivity index is 2.63. The minimum absolute atomic E-state index is 0.376. The summed E-state index contributed by atoms with van der Waals surface area (Å²) in [4.78, 5) is 13.1. The van der Waals surface area contributed by atoms with Gasteiger partial charge in [0.25, 0.3) is 0 Å². The van der Waals surface area contributed by atoms with Gasteiger partial charge in [-0.2, -0.15) is 0 Å². The third-order valence-corrected chi connectivity index (χ3v) is 4.44. The molecule has 2 rings (SSSR count). The third-order valence-electron chi connectivity index (χ3n) is 4.44. The Kier molecular flexibility index (Phi) is 6.02. The Bertz CT molecular complexity index is 773.